The lowest BCUT2D eigenvalue weighted by atomic mass is 10.3. The van der Waals surface area contributed by atoms with Crippen molar-refractivity contribution in [2.24, 2.45) is 0 Å². The van der Waals surface area contributed by atoms with Crippen LogP contribution in [0.1, 0.15) is 41.0 Å². The first-order valence-corrected chi connectivity index (χ1v) is 8.84. The molecular weight excluding hydrogens is 364 g/mol. The fourth-order valence-electron chi connectivity index (χ4n) is 2.49. The Morgan fingerprint density at radius 1 is 1.21 bits per heavy atom. The van der Waals surface area contributed by atoms with E-state index in [0.717, 1.165) is 12.8 Å². The Hall–Kier alpha value is -3.62. The number of amides is 2. The van der Waals surface area contributed by atoms with Crippen LogP contribution in [0, 0.1) is 0 Å². The molecule has 2 amide bonds. The molecular formula is C19H18N4O5. The van der Waals surface area contributed by atoms with E-state index in [2.05, 4.69) is 20.8 Å². The van der Waals surface area contributed by atoms with Gasteiger partial charge < -0.3 is 24.3 Å². The lowest BCUT2D eigenvalue weighted by molar-refractivity contribution is -0.123. The average molecular weight is 382 g/mol. The Kier molecular flexibility index (Phi) is 5.05. The predicted octanol–water partition coefficient (Wildman–Crippen LogP) is 2.49. The molecule has 28 heavy (non-hydrogen) atoms. The summed E-state index contributed by atoms with van der Waals surface area (Å²) in [7, 11) is 0. The molecule has 0 bridgehead atoms. The minimum Gasteiger partial charge on any atom is -0.484 e. The first-order valence-electron chi connectivity index (χ1n) is 8.84. The van der Waals surface area contributed by atoms with Crippen LogP contribution >= 0.6 is 0 Å². The Morgan fingerprint density at radius 2 is 2.11 bits per heavy atom. The van der Waals surface area contributed by atoms with Gasteiger partial charge >= 0.3 is 0 Å². The largest absolute Gasteiger partial charge is 0.484 e. The van der Waals surface area contributed by atoms with Crippen LogP contribution in [0.25, 0.3) is 0 Å². The first kappa shape index (κ1) is 17.8. The molecule has 1 fully saturated rings. The molecule has 9 nitrogen and oxygen atoms in total. The summed E-state index contributed by atoms with van der Waals surface area (Å²) in [6.45, 7) is -0.0274. The normalized spacial score (nSPS) is 13.1. The zero-order valence-electron chi connectivity index (χ0n) is 14.9. The summed E-state index contributed by atoms with van der Waals surface area (Å²) in [5, 5.41) is 9.25. The molecule has 0 radical (unpaired) electrons. The molecule has 144 valence electrons. The quantitative estimate of drug-likeness (QED) is 0.614. The smallest absolute Gasteiger partial charge is 0.291 e. The third kappa shape index (κ3) is 4.56. The Labute approximate surface area is 160 Å². The third-order valence-corrected chi connectivity index (χ3v) is 4.07. The Bertz CT molecular complexity index is 962. The number of carbonyl (C=O) groups is 2. The second kappa shape index (κ2) is 7.95. The Morgan fingerprint density at radius 3 is 2.89 bits per heavy atom. The van der Waals surface area contributed by atoms with E-state index in [1.807, 2.05) is 0 Å². The number of anilines is 1. The number of benzene rings is 1. The second-order valence-corrected chi connectivity index (χ2v) is 6.35. The molecule has 4 rings (SSSR count). The van der Waals surface area contributed by atoms with Crippen LogP contribution in [0.15, 0.2) is 51.6 Å². The summed E-state index contributed by atoms with van der Waals surface area (Å²) in [6.07, 6.45) is 3.59. The molecule has 0 atom stereocenters. The number of aromatic nitrogens is 2. The van der Waals surface area contributed by atoms with Gasteiger partial charge in [-0.05, 0) is 37.1 Å². The van der Waals surface area contributed by atoms with Gasteiger partial charge in [-0.25, -0.2) is 0 Å². The van der Waals surface area contributed by atoms with Crippen molar-refractivity contribution < 1.29 is 23.3 Å². The molecule has 0 saturated heterocycles. The van der Waals surface area contributed by atoms with Gasteiger partial charge in [0.15, 0.2) is 18.2 Å². The molecule has 1 aliphatic rings. The van der Waals surface area contributed by atoms with Crippen LogP contribution in [0.5, 0.6) is 5.75 Å². The summed E-state index contributed by atoms with van der Waals surface area (Å²) < 4.78 is 15.6. The van der Waals surface area contributed by atoms with Gasteiger partial charge in [-0.2, -0.15) is 4.98 Å². The molecule has 1 saturated carbocycles. The number of nitrogens with zero attached hydrogens (tertiary/aromatic N) is 2. The minimum atomic E-state index is -0.370. The summed E-state index contributed by atoms with van der Waals surface area (Å²) in [5.74, 6) is 1.43. The van der Waals surface area contributed by atoms with Gasteiger partial charge in [0, 0.05) is 17.7 Å². The molecule has 2 N–H and O–H groups in total. The number of rotatable bonds is 8. The zero-order chi connectivity index (χ0) is 19.3. The molecule has 0 spiro atoms. The summed E-state index contributed by atoms with van der Waals surface area (Å²) in [6, 6.07) is 9.93. The van der Waals surface area contributed by atoms with Crippen molar-refractivity contribution >= 4 is 17.5 Å². The molecule has 2 heterocycles. The maximum Gasteiger partial charge on any atom is 0.291 e. The minimum absolute atomic E-state index is 0.154. The molecule has 9 heteroatoms. The van der Waals surface area contributed by atoms with E-state index in [4.69, 9.17) is 13.7 Å². The maximum absolute atomic E-state index is 12.0. The fraction of sp³-hybridized carbons (Fsp3) is 0.263. The van der Waals surface area contributed by atoms with Gasteiger partial charge in [0.1, 0.15) is 5.75 Å². The number of ether oxygens (including phenoxy) is 1. The molecule has 3 aromatic rings. The maximum atomic E-state index is 12.0. The fourth-order valence-corrected chi connectivity index (χ4v) is 2.49. The zero-order valence-corrected chi connectivity index (χ0v) is 14.9. The van der Waals surface area contributed by atoms with Crippen LogP contribution in [0.3, 0.4) is 0 Å². The van der Waals surface area contributed by atoms with Crippen molar-refractivity contribution in [2.75, 3.05) is 11.9 Å². The van der Waals surface area contributed by atoms with Crippen LogP contribution < -0.4 is 15.4 Å². The van der Waals surface area contributed by atoms with Gasteiger partial charge in [0.2, 0.25) is 5.89 Å². The van der Waals surface area contributed by atoms with E-state index < -0.39 is 0 Å². The highest BCUT2D eigenvalue weighted by atomic mass is 16.5. The van der Waals surface area contributed by atoms with Crippen molar-refractivity contribution in [1.29, 1.82) is 0 Å². The van der Waals surface area contributed by atoms with Crippen molar-refractivity contribution in [1.82, 2.24) is 15.5 Å². The lowest BCUT2D eigenvalue weighted by Gasteiger charge is -2.08. The van der Waals surface area contributed by atoms with Crippen molar-refractivity contribution in [3.8, 4) is 5.75 Å². The van der Waals surface area contributed by atoms with Crippen LogP contribution in [0.2, 0.25) is 0 Å². The van der Waals surface area contributed by atoms with Crippen molar-refractivity contribution in [2.45, 2.75) is 25.3 Å². The summed E-state index contributed by atoms with van der Waals surface area (Å²) in [5.41, 5.74) is 0.526. The van der Waals surface area contributed by atoms with E-state index in [1.54, 1.807) is 36.4 Å². The number of carbonyl (C=O) groups excluding carboxylic acids is 2. The van der Waals surface area contributed by atoms with Gasteiger partial charge in [-0.15, -0.1) is 0 Å². The standard InChI is InChI=1S/C19H18N4O5/c24-16(20-10-17-22-18(23-28-17)12-6-7-12)11-27-14-4-1-3-13(9-14)21-19(25)15-5-2-8-26-15/h1-5,8-9,12H,6-7,10-11H2,(H,20,24)(H,21,25). The monoisotopic (exact) mass is 382 g/mol. The van der Waals surface area contributed by atoms with Crippen LogP contribution in [-0.4, -0.2) is 28.6 Å². The number of nitrogens with one attached hydrogen (secondary N) is 2. The molecule has 1 aliphatic carbocycles. The van der Waals surface area contributed by atoms with Crippen molar-refractivity contribution in [3.05, 3.63) is 60.1 Å². The number of hydrogen-bond acceptors (Lipinski definition) is 7. The topological polar surface area (TPSA) is 119 Å². The van der Waals surface area contributed by atoms with E-state index in [9.17, 15) is 9.59 Å². The highest BCUT2D eigenvalue weighted by Crippen LogP contribution is 2.38. The number of furan rings is 1. The van der Waals surface area contributed by atoms with Gasteiger partial charge in [0.25, 0.3) is 11.8 Å². The summed E-state index contributed by atoms with van der Waals surface area (Å²) >= 11 is 0. The Balaban J connectivity index is 1.24. The molecule has 0 aliphatic heterocycles. The number of hydrogen-bond donors (Lipinski definition) is 2. The predicted molar refractivity (Wildman–Crippen MR) is 96.7 cm³/mol. The highest BCUT2D eigenvalue weighted by Gasteiger charge is 2.28. The van der Waals surface area contributed by atoms with E-state index >= 15 is 0 Å². The van der Waals surface area contributed by atoms with Crippen LogP contribution in [-0.2, 0) is 11.3 Å². The van der Waals surface area contributed by atoms with Crippen LogP contribution in [0.4, 0.5) is 5.69 Å². The summed E-state index contributed by atoms with van der Waals surface area (Å²) in [4.78, 5) is 28.2. The van der Waals surface area contributed by atoms with Gasteiger partial charge in [0.05, 0.1) is 12.8 Å². The second-order valence-electron chi connectivity index (χ2n) is 6.35. The van der Waals surface area contributed by atoms with Gasteiger partial charge in [-0.3, -0.25) is 9.59 Å². The molecule has 0 unspecified atom stereocenters. The van der Waals surface area contributed by atoms with Gasteiger partial charge in [-0.1, -0.05) is 11.2 Å². The van der Waals surface area contributed by atoms with Crippen molar-refractivity contribution in [3.63, 3.8) is 0 Å². The first-order chi connectivity index (χ1) is 13.7. The van der Waals surface area contributed by atoms with E-state index in [-0.39, 0.29) is 30.7 Å². The SMILES string of the molecule is O=C(COc1cccc(NC(=O)c2ccco2)c1)NCc1nc(C2CC2)no1. The van der Waals surface area contributed by atoms with E-state index in [1.165, 1.54) is 6.26 Å². The molecule has 2 aromatic heterocycles. The van der Waals surface area contributed by atoms with E-state index in [0.29, 0.717) is 29.1 Å². The molecule has 1 aromatic carbocycles. The lowest BCUT2D eigenvalue weighted by Crippen LogP contribution is -2.28. The average Bonchev–Trinajstić information content (AvgIpc) is 3.20. The highest BCUT2D eigenvalue weighted by molar-refractivity contribution is 6.02. The third-order valence-electron chi connectivity index (χ3n) is 4.07.